The highest BCUT2D eigenvalue weighted by Crippen LogP contribution is 2.33. The number of ether oxygens (including phenoxy) is 5. The van der Waals surface area contributed by atoms with Crippen LogP contribution < -0.4 is 24.3 Å². The molecule has 0 fully saturated rings. The van der Waals surface area contributed by atoms with Crippen LogP contribution in [0.4, 0.5) is 5.69 Å². The van der Waals surface area contributed by atoms with Crippen LogP contribution in [0.15, 0.2) is 36.4 Å². The van der Waals surface area contributed by atoms with Gasteiger partial charge in [0.2, 0.25) is 6.79 Å². The summed E-state index contributed by atoms with van der Waals surface area (Å²) in [6, 6.07) is 10.7. The molecule has 0 saturated heterocycles. The zero-order valence-corrected chi connectivity index (χ0v) is 15.8. The van der Waals surface area contributed by atoms with Gasteiger partial charge in [-0.25, -0.2) is 0 Å². The van der Waals surface area contributed by atoms with E-state index in [1.165, 1.54) is 0 Å². The summed E-state index contributed by atoms with van der Waals surface area (Å²) in [5, 5.41) is 2.69. The minimum atomic E-state index is -0.448. The first kappa shape index (κ1) is 18.9. The van der Waals surface area contributed by atoms with Crippen LogP contribution >= 0.6 is 0 Å². The molecule has 0 spiro atoms. The third-order valence-corrected chi connectivity index (χ3v) is 4.45. The highest BCUT2D eigenvalue weighted by Gasteiger charge is 2.15. The number of aryl methyl sites for hydroxylation is 1. The summed E-state index contributed by atoms with van der Waals surface area (Å²) < 4.78 is 26.8. The second-order valence-electron chi connectivity index (χ2n) is 6.61. The van der Waals surface area contributed by atoms with Gasteiger partial charge in [0.25, 0.3) is 5.91 Å². The lowest BCUT2D eigenvalue weighted by atomic mass is 10.1. The number of esters is 1. The van der Waals surface area contributed by atoms with Gasteiger partial charge in [0.1, 0.15) is 0 Å². The van der Waals surface area contributed by atoms with Gasteiger partial charge in [0, 0.05) is 24.6 Å². The Kier molecular flexibility index (Phi) is 5.69. The van der Waals surface area contributed by atoms with E-state index < -0.39 is 11.9 Å². The Morgan fingerprint density at radius 1 is 0.897 bits per heavy atom. The molecule has 8 heteroatoms. The van der Waals surface area contributed by atoms with Gasteiger partial charge in [-0.2, -0.15) is 0 Å². The lowest BCUT2D eigenvalue weighted by Gasteiger charge is -2.10. The van der Waals surface area contributed by atoms with Crippen molar-refractivity contribution in [2.24, 2.45) is 0 Å². The first-order valence-corrected chi connectivity index (χ1v) is 9.41. The van der Waals surface area contributed by atoms with E-state index in [0.29, 0.717) is 48.3 Å². The van der Waals surface area contributed by atoms with Crippen molar-refractivity contribution in [3.05, 3.63) is 42.0 Å². The third kappa shape index (κ3) is 4.90. The number of benzene rings is 2. The number of amides is 1. The Hall–Kier alpha value is -3.42. The van der Waals surface area contributed by atoms with Gasteiger partial charge in [-0.1, -0.05) is 6.07 Å². The Labute approximate surface area is 167 Å². The average molecular weight is 399 g/mol. The molecule has 2 heterocycles. The number of fused-ring (bicyclic) bond motifs is 2. The lowest BCUT2D eigenvalue weighted by Crippen LogP contribution is -2.21. The maximum Gasteiger partial charge on any atom is 0.306 e. The van der Waals surface area contributed by atoms with E-state index in [1.54, 1.807) is 18.2 Å². The molecule has 0 unspecified atom stereocenters. The number of hydrogen-bond acceptors (Lipinski definition) is 7. The summed E-state index contributed by atoms with van der Waals surface area (Å²) >= 11 is 0. The quantitative estimate of drug-likeness (QED) is 0.747. The molecule has 2 aromatic rings. The van der Waals surface area contributed by atoms with Crippen molar-refractivity contribution in [3.8, 4) is 23.0 Å². The van der Waals surface area contributed by atoms with Crippen LogP contribution in [0, 0.1) is 0 Å². The van der Waals surface area contributed by atoms with Crippen molar-refractivity contribution >= 4 is 17.6 Å². The Bertz CT molecular complexity index is 912. The fourth-order valence-corrected chi connectivity index (χ4v) is 3.00. The van der Waals surface area contributed by atoms with Gasteiger partial charge in [-0.3, -0.25) is 9.59 Å². The molecule has 2 aliphatic heterocycles. The molecule has 0 bridgehead atoms. The van der Waals surface area contributed by atoms with Crippen LogP contribution in [0.3, 0.4) is 0 Å². The average Bonchev–Trinajstić information content (AvgIpc) is 3.07. The number of carbonyl (C=O) groups is 2. The SMILES string of the molecule is O=C(COC(=O)CCc1ccc2c(c1)OCO2)Nc1ccc2c(c1)OCCCO2. The van der Waals surface area contributed by atoms with Gasteiger partial charge >= 0.3 is 5.97 Å². The monoisotopic (exact) mass is 399 g/mol. The van der Waals surface area contributed by atoms with Gasteiger partial charge in [-0.05, 0) is 36.2 Å². The van der Waals surface area contributed by atoms with E-state index in [9.17, 15) is 9.59 Å². The number of carbonyl (C=O) groups excluding carboxylic acids is 2. The van der Waals surface area contributed by atoms with Crippen LogP contribution in [0.1, 0.15) is 18.4 Å². The maximum atomic E-state index is 12.1. The first-order chi connectivity index (χ1) is 14.2. The predicted molar refractivity (Wildman–Crippen MR) is 103 cm³/mol. The number of rotatable bonds is 6. The Morgan fingerprint density at radius 2 is 1.62 bits per heavy atom. The number of nitrogens with one attached hydrogen (secondary N) is 1. The van der Waals surface area contributed by atoms with Crippen LogP contribution in [0.25, 0.3) is 0 Å². The summed E-state index contributed by atoms with van der Waals surface area (Å²) in [5.41, 5.74) is 1.48. The third-order valence-electron chi connectivity index (χ3n) is 4.45. The molecule has 8 nitrogen and oxygen atoms in total. The number of anilines is 1. The highest BCUT2D eigenvalue weighted by atomic mass is 16.7. The van der Waals surface area contributed by atoms with Crippen LogP contribution in [0.2, 0.25) is 0 Å². The van der Waals surface area contributed by atoms with Gasteiger partial charge < -0.3 is 29.0 Å². The maximum absolute atomic E-state index is 12.1. The molecule has 1 amide bonds. The second kappa shape index (κ2) is 8.72. The molecule has 1 N–H and O–H groups in total. The van der Waals surface area contributed by atoms with Crippen molar-refractivity contribution in [1.29, 1.82) is 0 Å². The standard InChI is InChI=1S/C21H21NO7/c23-20(22-15-4-6-16-19(11-15)26-9-1-8-25-16)12-27-21(24)7-3-14-2-5-17-18(10-14)29-13-28-17/h2,4-6,10-11H,1,3,7-9,12-13H2,(H,22,23). The van der Waals surface area contributed by atoms with E-state index in [1.807, 2.05) is 18.2 Å². The molecular weight excluding hydrogens is 378 g/mol. The van der Waals surface area contributed by atoms with Gasteiger partial charge in [0.05, 0.1) is 13.2 Å². The molecular formula is C21H21NO7. The molecule has 4 rings (SSSR count). The zero-order chi connectivity index (χ0) is 20.1. The summed E-state index contributed by atoms with van der Waals surface area (Å²) in [4.78, 5) is 24.0. The summed E-state index contributed by atoms with van der Waals surface area (Å²) in [6.07, 6.45) is 1.45. The zero-order valence-electron chi connectivity index (χ0n) is 15.8. The molecule has 0 aliphatic carbocycles. The van der Waals surface area contributed by atoms with Crippen molar-refractivity contribution in [3.63, 3.8) is 0 Å². The molecule has 0 aromatic heterocycles. The predicted octanol–water partition coefficient (Wildman–Crippen LogP) is 2.69. The molecule has 152 valence electrons. The van der Waals surface area contributed by atoms with Crippen LogP contribution in [-0.4, -0.2) is 38.5 Å². The van der Waals surface area contributed by atoms with E-state index in [2.05, 4.69) is 5.32 Å². The van der Waals surface area contributed by atoms with Gasteiger partial charge in [-0.15, -0.1) is 0 Å². The molecule has 0 atom stereocenters. The van der Waals surface area contributed by atoms with Crippen LogP contribution in [0.5, 0.6) is 23.0 Å². The minimum absolute atomic E-state index is 0.164. The normalized spacial score (nSPS) is 14.1. The van der Waals surface area contributed by atoms with Crippen molar-refractivity contribution in [2.75, 3.05) is 31.9 Å². The van der Waals surface area contributed by atoms with Crippen molar-refractivity contribution < 1.29 is 33.3 Å². The summed E-state index contributed by atoms with van der Waals surface area (Å²) in [7, 11) is 0. The Morgan fingerprint density at radius 3 is 2.52 bits per heavy atom. The number of hydrogen-bond donors (Lipinski definition) is 1. The highest BCUT2D eigenvalue weighted by molar-refractivity contribution is 5.93. The fourth-order valence-electron chi connectivity index (χ4n) is 3.00. The van der Waals surface area contributed by atoms with Crippen LogP contribution in [-0.2, 0) is 20.7 Å². The minimum Gasteiger partial charge on any atom is -0.490 e. The molecule has 0 saturated carbocycles. The molecule has 0 radical (unpaired) electrons. The first-order valence-electron chi connectivity index (χ1n) is 9.41. The molecule has 29 heavy (non-hydrogen) atoms. The van der Waals surface area contributed by atoms with Gasteiger partial charge in [0.15, 0.2) is 29.6 Å². The van der Waals surface area contributed by atoms with Crippen molar-refractivity contribution in [2.45, 2.75) is 19.3 Å². The fraction of sp³-hybridized carbons (Fsp3) is 0.333. The smallest absolute Gasteiger partial charge is 0.306 e. The lowest BCUT2D eigenvalue weighted by molar-refractivity contribution is -0.147. The molecule has 2 aromatic carbocycles. The summed E-state index contributed by atoms with van der Waals surface area (Å²) in [6.45, 7) is 1.01. The van der Waals surface area contributed by atoms with E-state index in [0.717, 1.165) is 12.0 Å². The van der Waals surface area contributed by atoms with Crippen molar-refractivity contribution in [1.82, 2.24) is 0 Å². The largest absolute Gasteiger partial charge is 0.490 e. The summed E-state index contributed by atoms with van der Waals surface area (Å²) in [5.74, 6) is 1.73. The van der Waals surface area contributed by atoms with E-state index >= 15 is 0 Å². The molecule has 2 aliphatic rings. The van der Waals surface area contributed by atoms with E-state index in [4.69, 9.17) is 23.7 Å². The Balaban J connectivity index is 1.22. The topological polar surface area (TPSA) is 92.3 Å². The van der Waals surface area contributed by atoms with E-state index in [-0.39, 0.29) is 19.8 Å². The second-order valence-corrected chi connectivity index (χ2v) is 6.61.